The van der Waals surface area contributed by atoms with Crippen LogP contribution in [0.15, 0.2) is 23.6 Å². The number of anilines is 1. The molecule has 0 fully saturated rings. The number of amides is 1. The number of nitrogens with two attached hydrogens (primary N) is 1. The summed E-state index contributed by atoms with van der Waals surface area (Å²) in [4.78, 5) is 15.2. The number of carbonyl (C=O) groups excluding carboxylic acids is 1. The minimum Gasteiger partial charge on any atom is -0.409 e. The predicted octanol–water partition coefficient (Wildman–Crippen LogP) is 0.465. The maximum Gasteiger partial charge on any atom is 0.232 e. The summed E-state index contributed by atoms with van der Waals surface area (Å²) in [6.07, 6.45) is 3.03. The van der Waals surface area contributed by atoms with Crippen molar-refractivity contribution >= 4 is 17.4 Å². The van der Waals surface area contributed by atoms with Crippen LogP contribution in [-0.4, -0.2) is 21.9 Å². The Morgan fingerprint density at radius 3 is 3.07 bits per heavy atom. The Kier molecular flexibility index (Phi) is 3.61. The van der Waals surface area contributed by atoms with E-state index in [0.717, 1.165) is 5.56 Å². The molecule has 0 aromatic carbocycles. The molecule has 0 spiro atoms. The molecule has 0 unspecified atom stereocenters. The van der Waals surface area contributed by atoms with Gasteiger partial charge in [-0.25, -0.2) is 0 Å². The molecule has 0 saturated heterocycles. The fourth-order valence-electron chi connectivity index (χ4n) is 0.989. The van der Waals surface area contributed by atoms with Gasteiger partial charge in [0.1, 0.15) is 5.84 Å². The van der Waals surface area contributed by atoms with Crippen molar-refractivity contribution in [1.82, 2.24) is 4.98 Å². The maximum absolute atomic E-state index is 11.3. The van der Waals surface area contributed by atoms with E-state index in [9.17, 15) is 4.79 Å². The predicted molar refractivity (Wildman–Crippen MR) is 55.6 cm³/mol. The molecule has 1 rings (SSSR count). The molecule has 0 aliphatic rings. The van der Waals surface area contributed by atoms with Gasteiger partial charge in [-0.15, -0.1) is 0 Å². The van der Waals surface area contributed by atoms with Gasteiger partial charge >= 0.3 is 0 Å². The fraction of sp³-hybridized carbons (Fsp3) is 0.222. The normalized spacial score (nSPS) is 11.1. The Labute approximate surface area is 86.8 Å². The molecule has 0 saturated carbocycles. The molecule has 80 valence electrons. The van der Waals surface area contributed by atoms with E-state index < -0.39 is 0 Å². The highest BCUT2D eigenvalue weighted by Gasteiger charge is 2.06. The van der Waals surface area contributed by atoms with E-state index in [1.54, 1.807) is 18.5 Å². The number of carbonyl (C=O) groups is 1. The number of aryl methyl sites for hydroxylation is 1. The number of oxime groups is 1. The first-order valence-electron chi connectivity index (χ1n) is 4.30. The minimum absolute atomic E-state index is 0.131. The maximum atomic E-state index is 11.3. The Morgan fingerprint density at radius 1 is 1.73 bits per heavy atom. The monoisotopic (exact) mass is 208 g/mol. The number of rotatable bonds is 3. The van der Waals surface area contributed by atoms with Crippen LogP contribution in [0.2, 0.25) is 0 Å². The molecule has 0 atom stereocenters. The summed E-state index contributed by atoms with van der Waals surface area (Å²) >= 11 is 0. The van der Waals surface area contributed by atoms with Gasteiger partial charge in [0.05, 0.1) is 18.3 Å². The van der Waals surface area contributed by atoms with Crippen molar-refractivity contribution in [2.75, 3.05) is 5.32 Å². The van der Waals surface area contributed by atoms with Gasteiger partial charge in [-0.2, -0.15) is 0 Å². The van der Waals surface area contributed by atoms with Gasteiger partial charge in [-0.3, -0.25) is 9.78 Å². The first kappa shape index (κ1) is 11.0. The van der Waals surface area contributed by atoms with Crippen LogP contribution in [-0.2, 0) is 4.79 Å². The third-order valence-electron chi connectivity index (χ3n) is 1.78. The molecule has 1 aromatic heterocycles. The van der Waals surface area contributed by atoms with Crippen molar-refractivity contribution < 1.29 is 10.0 Å². The van der Waals surface area contributed by atoms with Crippen molar-refractivity contribution in [2.24, 2.45) is 10.9 Å². The number of hydrogen-bond donors (Lipinski definition) is 3. The molecule has 1 aromatic rings. The van der Waals surface area contributed by atoms with Gasteiger partial charge in [-0.05, 0) is 18.6 Å². The van der Waals surface area contributed by atoms with Gasteiger partial charge in [0.2, 0.25) is 5.91 Å². The smallest absolute Gasteiger partial charge is 0.232 e. The first-order valence-corrected chi connectivity index (χ1v) is 4.30. The number of nitrogens with one attached hydrogen (secondary N) is 1. The van der Waals surface area contributed by atoms with Crippen molar-refractivity contribution in [1.29, 1.82) is 0 Å². The molecule has 0 radical (unpaired) electrons. The van der Waals surface area contributed by atoms with Crippen LogP contribution in [0.25, 0.3) is 0 Å². The summed E-state index contributed by atoms with van der Waals surface area (Å²) in [7, 11) is 0. The highest BCUT2D eigenvalue weighted by atomic mass is 16.4. The fourth-order valence-corrected chi connectivity index (χ4v) is 0.989. The standard InChI is InChI=1S/C9H12N4O2/c1-6-2-3-11-5-7(6)12-9(14)4-8(10)13-15/h2-3,5,15H,4H2,1H3,(H2,10,13)(H,12,14). The van der Waals surface area contributed by atoms with Gasteiger partial charge in [0, 0.05) is 6.20 Å². The SMILES string of the molecule is Cc1ccncc1NC(=O)CC(N)=NO. The zero-order valence-electron chi connectivity index (χ0n) is 8.27. The van der Waals surface area contributed by atoms with Crippen molar-refractivity contribution in [3.63, 3.8) is 0 Å². The summed E-state index contributed by atoms with van der Waals surface area (Å²) in [6.45, 7) is 1.85. The van der Waals surface area contributed by atoms with Crippen molar-refractivity contribution in [3.8, 4) is 0 Å². The molecule has 1 amide bonds. The lowest BCUT2D eigenvalue weighted by Gasteiger charge is -2.06. The van der Waals surface area contributed by atoms with Crippen LogP contribution in [0.5, 0.6) is 0 Å². The second-order valence-corrected chi connectivity index (χ2v) is 3.01. The molecule has 0 aliphatic carbocycles. The molecule has 0 aliphatic heterocycles. The molecule has 6 heteroatoms. The number of nitrogens with zero attached hydrogens (tertiary/aromatic N) is 2. The average molecular weight is 208 g/mol. The highest BCUT2D eigenvalue weighted by molar-refractivity contribution is 6.04. The van der Waals surface area contributed by atoms with Crippen LogP contribution in [0.3, 0.4) is 0 Å². The Morgan fingerprint density at radius 2 is 2.47 bits per heavy atom. The largest absolute Gasteiger partial charge is 0.409 e. The van der Waals surface area contributed by atoms with E-state index in [1.165, 1.54) is 0 Å². The second kappa shape index (κ2) is 4.94. The molecule has 4 N–H and O–H groups in total. The Balaban J connectivity index is 2.63. The van der Waals surface area contributed by atoms with Crippen LogP contribution in [0.1, 0.15) is 12.0 Å². The molecule has 1 heterocycles. The van der Waals surface area contributed by atoms with Gasteiger partial charge in [-0.1, -0.05) is 5.16 Å². The Bertz CT molecular complexity index is 389. The Hall–Kier alpha value is -2.11. The molecule has 15 heavy (non-hydrogen) atoms. The number of amidine groups is 1. The van der Waals surface area contributed by atoms with E-state index in [4.69, 9.17) is 10.9 Å². The zero-order valence-corrected chi connectivity index (χ0v) is 8.27. The van der Waals surface area contributed by atoms with Gasteiger partial charge in [0.15, 0.2) is 0 Å². The topological polar surface area (TPSA) is 101 Å². The zero-order chi connectivity index (χ0) is 11.3. The van der Waals surface area contributed by atoms with Crippen LogP contribution in [0, 0.1) is 6.92 Å². The van der Waals surface area contributed by atoms with E-state index >= 15 is 0 Å². The third kappa shape index (κ3) is 3.26. The number of aromatic nitrogens is 1. The number of pyridine rings is 1. The molecule has 0 bridgehead atoms. The minimum atomic E-state index is -0.346. The lowest BCUT2D eigenvalue weighted by Crippen LogP contribution is -2.22. The van der Waals surface area contributed by atoms with E-state index in [2.05, 4.69) is 15.5 Å². The van der Waals surface area contributed by atoms with E-state index in [-0.39, 0.29) is 18.2 Å². The number of hydrogen-bond acceptors (Lipinski definition) is 4. The lowest BCUT2D eigenvalue weighted by atomic mass is 10.2. The summed E-state index contributed by atoms with van der Waals surface area (Å²) in [5.74, 6) is -0.476. The van der Waals surface area contributed by atoms with Crippen LogP contribution < -0.4 is 11.1 Å². The average Bonchev–Trinajstić information content (AvgIpc) is 2.21. The quantitative estimate of drug-likeness (QED) is 0.291. The van der Waals surface area contributed by atoms with Crippen molar-refractivity contribution in [3.05, 3.63) is 24.0 Å². The second-order valence-electron chi connectivity index (χ2n) is 3.01. The van der Waals surface area contributed by atoms with E-state index in [0.29, 0.717) is 5.69 Å². The molecule has 6 nitrogen and oxygen atoms in total. The molecular weight excluding hydrogens is 196 g/mol. The summed E-state index contributed by atoms with van der Waals surface area (Å²) in [6, 6.07) is 1.78. The van der Waals surface area contributed by atoms with Gasteiger partial charge in [0.25, 0.3) is 0 Å². The summed E-state index contributed by atoms with van der Waals surface area (Å²) in [5, 5.41) is 13.6. The van der Waals surface area contributed by atoms with Crippen LogP contribution >= 0.6 is 0 Å². The molecular formula is C9H12N4O2. The first-order chi connectivity index (χ1) is 7.13. The lowest BCUT2D eigenvalue weighted by molar-refractivity contribution is -0.115. The summed E-state index contributed by atoms with van der Waals surface area (Å²) < 4.78 is 0. The van der Waals surface area contributed by atoms with Crippen LogP contribution in [0.4, 0.5) is 5.69 Å². The van der Waals surface area contributed by atoms with Crippen molar-refractivity contribution in [2.45, 2.75) is 13.3 Å². The highest BCUT2D eigenvalue weighted by Crippen LogP contribution is 2.11. The van der Waals surface area contributed by atoms with E-state index in [1.807, 2.05) is 6.92 Å². The van der Waals surface area contributed by atoms with Gasteiger partial charge < -0.3 is 16.3 Å². The summed E-state index contributed by atoms with van der Waals surface area (Å²) in [5.41, 5.74) is 6.71. The third-order valence-corrected chi connectivity index (χ3v) is 1.78.